The Balaban J connectivity index is 3.13. The van der Waals surface area contributed by atoms with Crippen LogP contribution in [0.5, 0.6) is 0 Å². The van der Waals surface area contributed by atoms with Gasteiger partial charge < -0.3 is 4.74 Å². The lowest BCUT2D eigenvalue weighted by molar-refractivity contribution is -0.143. The van der Waals surface area contributed by atoms with E-state index in [2.05, 4.69) is 22.9 Å². The average Bonchev–Trinajstić information content (AvgIpc) is 2.59. The maximum Gasteiger partial charge on any atom is 0.305 e. The van der Waals surface area contributed by atoms with E-state index in [9.17, 15) is 4.79 Å². The molecule has 0 radical (unpaired) electrons. The smallest absolute Gasteiger partial charge is 0.305 e. The maximum atomic E-state index is 11.6. The molecule has 24 heavy (non-hydrogen) atoms. The highest BCUT2D eigenvalue weighted by Gasteiger charge is 2.02. The van der Waals surface area contributed by atoms with Gasteiger partial charge in [0.1, 0.15) is 0 Å². The Kier molecular flexibility index (Phi) is 20.9. The van der Waals surface area contributed by atoms with E-state index in [4.69, 9.17) is 4.74 Å². The van der Waals surface area contributed by atoms with E-state index in [1.807, 2.05) is 0 Å². The third kappa shape index (κ3) is 20.0. The van der Waals surface area contributed by atoms with Crippen LogP contribution in [0.3, 0.4) is 0 Å². The number of hydrogen-bond acceptors (Lipinski definition) is 2. The first-order valence-corrected chi connectivity index (χ1v) is 11.6. The van der Waals surface area contributed by atoms with Gasteiger partial charge in [0.2, 0.25) is 0 Å². The molecule has 0 aliphatic heterocycles. The quantitative estimate of drug-likeness (QED) is 0.126. The third-order valence-electron chi connectivity index (χ3n) is 4.53. The summed E-state index contributed by atoms with van der Waals surface area (Å²) in [6.45, 7) is 2.88. The van der Waals surface area contributed by atoms with Crippen molar-refractivity contribution >= 4 is 21.9 Å². The fourth-order valence-corrected chi connectivity index (χ4v) is 3.32. The number of carbonyl (C=O) groups is 1. The minimum Gasteiger partial charge on any atom is -0.466 e. The zero-order chi connectivity index (χ0) is 17.7. The molecule has 0 aromatic heterocycles. The van der Waals surface area contributed by atoms with Gasteiger partial charge in [-0.3, -0.25) is 4.79 Å². The fourth-order valence-electron chi connectivity index (χ4n) is 2.92. The molecule has 0 aromatic rings. The summed E-state index contributed by atoms with van der Waals surface area (Å²) < 4.78 is 5.31. The van der Waals surface area contributed by atoms with Gasteiger partial charge in [0, 0.05) is 11.8 Å². The predicted octanol–water partition coefficient (Wildman–Crippen LogP) is 7.58. The summed E-state index contributed by atoms with van der Waals surface area (Å²) in [6, 6.07) is 0. The van der Waals surface area contributed by atoms with Gasteiger partial charge in [0.25, 0.3) is 0 Å². The molecule has 0 N–H and O–H groups in total. The van der Waals surface area contributed by atoms with E-state index in [0.717, 1.165) is 18.2 Å². The Morgan fingerprint density at radius 3 is 1.67 bits per heavy atom. The van der Waals surface area contributed by atoms with Crippen molar-refractivity contribution in [1.29, 1.82) is 0 Å². The lowest BCUT2D eigenvalue weighted by atomic mass is 10.1. The molecule has 0 aliphatic rings. The first-order valence-electron chi connectivity index (χ1n) is 10.5. The van der Waals surface area contributed by atoms with Crippen LogP contribution < -0.4 is 0 Å². The molecule has 0 saturated heterocycles. The summed E-state index contributed by atoms with van der Waals surface area (Å²) in [5, 5.41) is 1.11. The molecule has 0 atom stereocenters. The normalized spacial score (nSPS) is 10.9. The van der Waals surface area contributed by atoms with Crippen molar-refractivity contribution in [3.05, 3.63) is 0 Å². The van der Waals surface area contributed by atoms with Crippen molar-refractivity contribution < 1.29 is 9.53 Å². The van der Waals surface area contributed by atoms with Crippen molar-refractivity contribution in [2.24, 2.45) is 0 Å². The van der Waals surface area contributed by atoms with E-state index >= 15 is 0 Å². The van der Waals surface area contributed by atoms with Gasteiger partial charge >= 0.3 is 5.97 Å². The molecule has 0 amide bonds. The number of esters is 1. The number of halogens is 1. The number of hydrogen-bond donors (Lipinski definition) is 0. The van der Waals surface area contributed by atoms with Crippen LogP contribution in [0.15, 0.2) is 0 Å². The Labute approximate surface area is 159 Å². The van der Waals surface area contributed by atoms with Crippen molar-refractivity contribution in [3.63, 3.8) is 0 Å². The largest absolute Gasteiger partial charge is 0.466 e. The molecule has 144 valence electrons. The van der Waals surface area contributed by atoms with Crippen molar-refractivity contribution in [3.8, 4) is 0 Å². The molecular formula is C21H41BrO2. The minimum atomic E-state index is 0.00820. The van der Waals surface area contributed by atoms with Crippen molar-refractivity contribution in [2.45, 2.75) is 116 Å². The first-order chi connectivity index (χ1) is 11.8. The standard InChI is InChI=1S/C21H41BrO2/c1-2-3-4-5-6-7-8-9-12-15-18-21(23)24-20-17-14-11-10-13-16-19-22/h2-20H2,1H3. The van der Waals surface area contributed by atoms with Gasteiger partial charge in [-0.05, 0) is 19.3 Å². The molecule has 0 bridgehead atoms. The van der Waals surface area contributed by atoms with Crippen LogP contribution >= 0.6 is 15.9 Å². The second kappa shape index (κ2) is 21.0. The Bertz CT molecular complexity index is 256. The maximum absolute atomic E-state index is 11.6. The summed E-state index contributed by atoms with van der Waals surface area (Å²) in [7, 11) is 0. The number of ether oxygens (including phenoxy) is 1. The summed E-state index contributed by atoms with van der Waals surface area (Å²) >= 11 is 3.45. The van der Waals surface area contributed by atoms with E-state index in [1.54, 1.807) is 0 Å². The number of alkyl halides is 1. The van der Waals surface area contributed by atoms with Gasteiger partial charge in [-0.1, -0.05) is 106 Å². The topological polar surface area (TPSA) is 26.3 Å². The molecule has 0 rings (SSSR count). The molecule has 0 saturated carbocycles. The van der Waals surface area contributed by atoms with E-state index < -0.39 is 0 Å². The highest BCUT2D eigenvalue weighted by molar-refractivity contribution is 9.09. The monoisotopic (exact) mass is 404 g/mol. The van der Waals surface area contributed by atoms with E-state index in [1.165, 1.54) is 89.9 Å². The highest BCUT2D eigenvalue weighted by atomic mass is 79.9. The first kappa shape index (κ1) is 23.9. The van der Waals surface area contributed by atoms with Crippen LogP contribution in [0.25, 0.3) is 0 Å². The van der Waals surface area contributed by atoms with Gasteiger partial charge in [0.05, 0.1) is 6.61 Å². The van der Waals surface area contributed by atoms with Gasteiger partial charge in [0.15, 0.2) is 0 Å². The van der Waals surface area contributed by atoms with Crippen LogP contribution in [0.4, 0.5) is 0 Å². The van der Waals surface area contributed by atoms with Gasteiger partial charge in [-0.2, -0.15) is 0 Å². The summed E-state index contributed by atoms with van der Waals surface area (Å²) in [6.07, 6.45) is 21.0. The lowest BCUT2D eigenvalue weighted by Gasteiger charge is -2.05. The molecular weight excluding hydrogens is 364 g/mol. The van der Waals surface area contributed by atoms with Crippen molar-refractivity contribution in [2.75, 3.05) is 11.9 Å². The predicted molar refractivity (Wildman–Crippen MR) is 109 cm³/mol. The van der Waals surface area contributed by atoms with Crippen molar-refractivity contribution in [1.82, 2.24) is 0 Å². The Morgan fingerprint density at radius 2 is 1.12 bits per heavy atom. The number of rotatable bonds is 19. The number of unbranched alkanes of at least 4 members (excludes halogenated alkanes) is 14. The molecule has 3 heteroatoms. The summed E-state index contributed by atoms with van der Waals surface area (Å²) in [5.41, 5.74) is 0. The van der Waals surface area contributed by atoms with Crippen LogP contribution in [0.2, 0.25) is 0 Å². The highest BCUT2D eigenvalue weighted by Crippen LogP contribution is 2.12. The van der Waals surface area contributed by atoms with Crippen LogP contribution in [-0.4, -0.2) is 17.9 Å². The molecule has 0 fully saturated rings. The molecule has 0 aromatic carbocycles. The third-order valence-corrected chi connectivity index (χ3v) is 5.09. The van der Waals surface area contributed by atoms with Crippen LogP contribution in [0, 0.1) is 0 Å². The van der Waals surface area contributed by atoms with Crippen LogP contribution in [0.1, 0.15) is 116 Å². The molecule has 0 aliphatic carbocycles. The molecule has 0 spiro atoms. The Morgan fingerprint density at radius 1 is 0.667 bits per heavy atom. The molecule has 2 nitrogen and oxygen atoms in total. The summed E-state index contributed by atoms with van der Waals surface area (Å²) in [5.74, 6) is 0.00820. The zero-order valence-electron chi connectivity index (χ0n) is 16.1. The average molecular weight is 405 g/mol. The second-order valence-electron chi connectivity index (χ2n) is 6.96. The zero-order valence-corrected chi connectivity index (χ0v) is 17.7. The van der Waals surface area contributed by atoms with Gasteiger partial charge in [-0.15, -0.1) is 0 Å². The lowest BCUT2D eigenvalue weighted by Crippen LogP contribution is -2.05. The molecule has 0 unspecified atom stereocenters. The Hall–Kier alpha value is -0.0500. The minimum absolute atomic E-state index is 0.00820. The van der Waals surface area contributed by atoms with Gasteiger partial charge in [-0.25, -0.2) is 0 Å². The summed E-state index contributed by atoms with van der Waals surface area (Å²) in [4.78, 5) is 11.6. The van der Waals surface area contributed by atoms with Crippen LogP contribution in [-0.2, 0) is 9.53 Å². The van der Waals surface area contributed by atoms with E-state index in [-0.39, 0.29) is 5.97 Å². The second-order valence-corrected chi connectivity index (χ2v) is 7.76. The van der Waals surface area contributed by atoms with E-state index in [0.29, 0.717) is 13.0 Å². The SMILES string of the molecule is CCCCCCCCCCCCC(=O)OCCCCCCCCBr. The molecule has 0 heterocycles. The number of carbonyl (C=O) groups excluding carboxylic acids is 1. The fraction of sp³-hybridized carbons (Fsp3) is 0.952.